The summed E-state index contributed by atoms with van der Waals surface area (Å²) >= 11 is 0. The minimum atomic E-state index is 0.452. The molecule has 0 atom stereocenters. The van der Waals surface area contributed by atoms with Crippen molar-refractivity contribution >= 4 is 0 Å². The van der Waals surface area contributed by atoms with Crippen molar-refractivity contribution in [3.63, 3.8) is 0 Å². The molecule has 1 aliphatic carbocycles. The minimum Gasteiger partial charge on any atom is -0.383 e. The van der Waals surface area contributed by atoms with Crippen LogP contribution in [-0.2, 0) is 17.7 Å². The Morgan fingerprint density at radius 1 is 1.47 bits per heavy atom. The molecule has 1 N–H and O–H groups in total. The molecule has 0 amide bonds. The molecule has 0 aliphatic heterocycles. The molecule has 108 valence electrons. The van der Waals surface area contributed by atoms with E-state index < -0.39 is 0 Å². The molecule has 19 heavy (non-hydrogen) atoms. The Bertz CT molecular complexity index is 396. The van der Waals surface area contributed by atoms with Gasteiger partial charge >= 0.3 is 0 Å². The average Bonchev–Trinajstić information content (AvgIpc) is 2.71. The predicted octanol–water partition coefficient (Wildman–Crippen LogP) is 2.16. The zero-order valence-electron chi connectivity index (χ0n) is 12.5. The molecule has 0 radical (unpaired) electrons. The van der Waals surface area contributed by atoms with Crippen LogP contribution in [0.4, 0.5) is 0 Å². The first-order chi connectivity index (χ1) is 9.19. The molecule has 2 rings (SSSR count). The highest BCUT2D eigenvalue weighted by Gasteiger charge is 2.37. The van der Waals surface area contributed by atoms with Gasteiger partial charge in [0.15, 0.2) is 0 Å². The molecule has 0 bridgehead atoms. The quantitative estimate of drug-likeness (QED) is 0.732. The third-order valence-electron chi connectivity index (χ3n) is 4.24. The largest absolute Gasteiger partial charge is 0.383 e. The molecule has 1 aliphatic rings. The Kier molecular flexibility index (Phi) is 4.99. The summed E-state index contributed by atoms with van der Waals surface area (Å²) in [5, 5.41) is 8.10. The lowest BCUT2D eigenvalue weighted by Crippen LogP contribution is -2.42. The van der Waals surface area contributed by atoms with Crippen LogP contribution in [0.2, 0.25) is 0 Å². The summed E-state index contributed by atoms with van der Waals surface area (Å²) in [4.78, 5) is 0. The second-order valence-electron chi connectivity index (χ2n) is 5.79. The first kappa shape index (κ1) is 14.5. The van der Waals surface area contributed by atoms with Gasteiger partial charge in [0.05, 0.1) is 12.3 Å². The van der Waals surface area contributed by atoms with Gasteiger partial charge in [-0.05, 0) is 44.6 Å². The maximum absolute atomic E-state index is 5.09. The van der Waals surface area contributed by atoms with Crippen molar-refractivity contribution in [1.29, 1.82) is 0 Å². The lowest BCUT2D eigenvalue weighted by atomic mass is 9.66. The van der Waals surface area contributed by atoms with Crippen LogP contribution in [0.15, 0.2) is 6.07 Å². The molecule has 1 aromatic heterocycles. The first-order valence-corrected chi connectivity index (χ1v) is 7.42. The fraction of sp³-hybridized carbons (Fsp3) is 0.800. The zero-order valence-corrected chi connectivity index (χ0v) is 12.5. The Labute approximate surface area is 116 Å². The lowest BCUT2D eigenvalue weighted by molar-refractivity contribution is 0.120. The van der Waals surface area contributed by atoms with Crippen molar-refractivity contribution in [1.82, 2.24) is 15.1 Å². The highest BCUT2D eigenvalue weighted by Crippen LogP contribution is 2.43. The summed E-state index contributed by atoms with van der Waals surface area (Å²) < 4.78 is 7.25. The third-order valence-corrected chi connectivity index (χ3v) is 4.24. The van der Waals surface area contributed by atoms with Crippen LogP contribution in [0.25, 0.3) is 0 Å². The molecule has 0 unspecified atom stereocenters. The van der Waals surface area contributed by atoms with Gasteiger partial charge in [0, 0.05) is 32.4 Å². The molecular formula is C15H27N3O. The van der Waals surface area contributed by atoms with Gasteiger partial charge < -0.3 is 10.1 Å². The molecular weight excluding hydrogens is 238 g/mol. The number of ether oxygens (including phenoxy) is 1. The van der Waals surface area contributed by atoms with E-state index in [0.717, 1.165) is 38.4 Å². The van der Waals surface area contributed by atoms with Crippen LogP contribution in [0.3, 0.4) is 0 Å². The highest BCUT2D eigenvalue weighted by atomic mass is 16.5. The number of hydrogen-bond acceptors (Lipinski definition) is 3. The van der Waals surface area contributed by atoms with E-state index in [1.165, 1.54) is 25.0 Å². The van der Waals surface area contributed by atoms with Gasteiger partial charge in [-0.15, -0.1) is 0 Å². The maximum Gasteiger partial charge on any atom is 0.0596 e. The molecule has 0 aromatic carbocycles. The van der Waals surface area contributed by atoms with Crippen LogP contribution < -0.4 is 5.32 Å². The predicted molar refractivity (Wildman–Crippen MR) is 77.4 cm³/mol. The van der Waals surface area contributed by atoms with E-state index in [9.17, 15) is 0 Å². The van der Waals surface area contributed by atoms with Crippen LogP contribution >= 0.6 is 0 Å². The maximum atomic E-state index is 5.09. The molecule has 4 nitrogen and oxygen atoms in total. The second-order valence-corrected chi connectivity index (χ2v) is 5.79. The minimum absolute atomic E-state index is 0.452. The summed E-state index contributed by atoms with van der Waals surface area (Å²) in [7, 11) is 1.75. The standard InChI is InChI=1S/C15H27N3O/c1-4-18-14(10-13(2)17-18)11-15(6-5-7-15)12-16-8-9-19-3/h10,16H,4-9,11-12H2,1-3H3. The van der Waals surface area contributed by atoms with Gasteiger partial charge in [0.2, 0.25) is 0 Å². The molecule has 0 spiro atoms. The smallest absolute Gasteiger partial charge is 0.0596 e. The van der Waals surface area contributed by atoms with Gasteiger partial charge in [-0.25, -0.2) is 0 Å². The average molecular weight is 265 g/mol. The second kappa shape index (κ2) is 6.53. The van der Waals surface area contributed by atoms with E-state index in [0.29, 0.717) is 5.41 Å². The Morgan fingerprint density at radius 3 is 2.84 bits per heavy atom. The molecule has 1 fully saturated rings. The number of nitrogens with zero attached hydrogens (tertiary/aromatic N) is 2. The Hall–Kier alpha value is -0.870. The van der Waals surface area contributed by atoms with Crippen molar-refractivity contribution < 1.29 is 4.74 Å². The van der Waals surface area contributed by atoms with Gasteiger partial charge in [0.25, 0.3) is 0 Å². The van der Waals surface area contributed by atoms with Gasteiger partial charge in [0.1, 0.15) is 0 Å². The molecule has 1 aromatic rings. The Balaban J connectivity index is 1.93. The SMILES string of the molecule is CCn1nc(C)cc1CC1(CNCCOC)CCC1. The normalized spacial score (nSPS) is 17.4. The van der Waals surface area contributed by atoms with E-state index in [-0.39, 0.29) is 0 Å². The van der Waals surface area contributed by atoms with Crippen molar-refractivity contribution in [3.05, 3.63) is 17.5 Å². The van der Waals surface area contributed by atoms with Crippen LogP contribution in [0, 0.1) is 12.3 Å². The van der Waals surface area contributed by atoms with Crippen LogP contribution in [-0.4, -0.2) is 36.6 Å². The highest BCUT2D eigenvalue weighted by molar-refractivity contribution is 5.13. The molecule has 0 saturated heterocycles. The zero-order chi connectivity index (χ0) is 13.7. The van der Waals surface area contributed by atoms with E-state index in [1.54, 1.807) is 7.11 Å². The summed E-state index contributed by atoms with van der Waals surface area (Å²) in [5.41, 5.74) is 2.99. The van der Waals surface area contributed by atoms with Crippen molar-refractivity contribution in [2.75, 3.05) is 26.8 Å². The summed E-state index contributed by atoms with van der Waals surface area (Å²) in [6, 6.07) is 2.25. The van der Waals surface area contributed by atoms with E-state index in [2.05, 4.69) is 35.0 Å². The van der Waals surface area contributed by atoms with Crippen LogP contribution in [0.5, 0.6) is 0 Å². The van der Waals surface area contributed by atoms with Gasteiger partial charge in [-0.1, -0.05) is 6.42 Å². The number of hydrogen-bond donors (Lipinski definition) is 1. The van der Waals surface area contributed by atoms with E-state index in [4.69, 9.17) is 4.74 Å². The lowest BCUT2D eigenvalue weighted by Gasteiger charge is -2.42. The van der Waals surface area contributed by atoms with Crippen LogP contribution in [0.1, 0.15) is 37.6 Å². The van der Waals surface area contributed by atoms with E-state index >= 15 is 0 Å². The van der Waals surface area contributed by atoms with Gasteiger partial charge in [-0.3, -0.25) is 4.68 Å². The Morgan fingerprint density at radius 2 is 2.26 bits per heavy atom. The van der Waals surface area contributed by atoms with Crippen molar-refractivity contribution in [2.24, 2.45) is 5.41 Å². The molecule has 4 heteroatoms. The van der Waals surface area contributed by atoms with E-state index in [1.807, 2.05) is 0 Å². The summed E-state index contributed by atoms with van der Waals surface area (Å²) in [6.45, 7) is 8.06. The monoisotopic (exact) mass is 265 g/mol. The number of aryl methyl sites for hydroxylation is 2. The first-order valence-electron chi connectivity index (χ1n) is 7.42. The summed E-state index contributed by atoms with van der Waals surface area (Å²) in [5.74, 6) is 0. The number of rotatable bonds is 8. The topological polar surface area (TPSA) is 39.1 Å². The third kappa shape index (κ3) is 3.57. The number of aromatic nitrogens is 2. The fourth-order valence-electron chi connectivity index (χ4n) is 3.02. The fourth-order valence-corrected chi connectivity index (χ4v) is 3.02. The van der Waals surface area contributed by atoms with Gasteiger partial charge in [-0.2, -0.15) is 5.10 Å². The van der Waals surface area contributed by atoms with Crippen molar-refractivity contribution in [2.45, 2.75) is 46.1 Å². The summed E-state index contributed by atoms with van der Waals surface area (Å²) in [6.07, 6.45) is 5.19. The van der Waals surface area contributed by atoms with Crippen molar-refractivity contribution in [3.8, 4) is 0 Å². The molecule has 1 heterocycles. The number of nitrogens with one attached hydrogen (secondary N) is 1. The molecule has 1 saturated carbocycles. The number of methoxy groups -OCH3 is 1.